The van der Waals surface area contributed by atoms with E-state index in [4.69, 9.17) is 9.47 Å². The average Bonchev–Trinajstić information content (AvgIpc) is 1.75. The number of ether oxygens (including phenoxy) is 2. The molecule has 0 atom stereocenters. The van der Waals surface area contributed by atoms with Crippen LogP contribution in [0.2, 0.25) is 0 Å². The number of rotatable bonds is 18. The number of aryl methyl sites for hydroxylation is 3. The molecular formula is C79H66Br5FN16O2S5. The first-order valence-corrected chi connectivity index (χ1v) is 41.3. The fraction of sp³-hybridized carbons (Fsp3) is 0.114. The molecule has 0 saturated carbocycles. The first-order chi connectivity index (χ1) is 52.5. The van der Waals surface area contributed by atoms with Gasteiger partial charge in [-0.2, -0.15) is 0 Å². The third-order valence-electron chi connectivity index (χ3n) is 15.6. The molecule has 11 heterocycles. The van der Waals surface area contributed by atoms with Gasteiger partial charge in [-0.05, 0) is 286 Å². The lowest BCUT2D eigenvalue weighted by atomic mass is 10.1. The molecule has 1 aliphatic heterocycles. The number of nitrogens with zero attached hydrogens (tertiary/aromatic N) is 11. The molecule has 0 unspecified atom stereocenters. The van der Waals surface area contributed by atoms with E-state index in [9.17, 15) is 4.39 Å². The van der Waals surface area contributed by atoms with Crippen LogP contribution in [0.25, 0.3) is 52.9 Å². The van der Waals surface area contributed by atoms with E-state index < -0.39 is 0 Å². The van der Waals surface area contributed by atoms with Crippen LogP contribution in [0, 0.1) is 26.6 Å². The van der Waals surface area contributed by atoms with Crippen LogP contribution >= 0.6 is 136 Å². The van der Waals surface area contributed by atoms with Crippen LogP contribution in [0.1, 0.15) is 22.3 Å². The van der Waals surface area contributed by atoms with Gasteiger partial charge in [-0.25, -0.2) is 54.2 Å². The molecule has 5 aromatic carbocycles. The summed E-state index contributed by atoms with van der Waals surface area (Å²) in [6.07, 6.45) is 8.78. The molecule has 16 rings (SSSR count). The van der Waals surface area contributed by atoms with Crippen molar-refractivity contribution in [3.8, 4) is 58.6 Å². The second-order valence-electron chi connectivity index (χ2n) is 23.5. The van der Waals surface area contributed by atoms with Crippen LogP contribution in [0.3, 0.4) is 0 Å². The van der Waals surface area contributed by atoms with Crippen LogP contribution in [-0.4, -0.2) is 88.2 Å². The molecule has 10 aromatic heterocycles. The van der Waals surface area contributed by atoms with Gasteiger partial charge in [0.15, 0.2) is 0 Å². The van der Waals surface area contributed by atoms with Crippen molar-refractivity contribution in [3.63, 3.8) is 0 Å². The van der Waals surface area contributed by atoms with E-state index in [1.165, 1.54) is 34.4 Å². The van der Waals surface area contributed by atoms with Gasteiger partial charge in [0.25, 0.3) is 0 Å². The highest BCUT2D eigenvalue weighted by atomic mass is 79.9. The zero-order valence-electron chi connectivity index (χ0n) is 58.1. The van der Waals surface area contributed by atoms with Gasteiger partial charge >= 0.3 is 0 Å². The molecule has 0 amide bonds. The zero-order valence-corrected chi connectivity index (χ0v) is 70.1. The molecule has 1 aliphatic rings. The van der Waals surface area contributed by atoms with E-state index in [2.05, 4.69) is 236 Å². The maximum absolute atomic E-state index is 12.9. The third kappa shape index (κ3) is 24.0. The van der Waals surface area contributed by atoms with Crippen molar-refractivity contribution in [2.75, 3.05) is 60.0 Å². The summed E-state index contributed by atoms with van der Waals surface area (Å²) < 4.78 is 28.9. The molecule has 1 saturated heterocycles. The summed E-state index contributed by atoms with van der Waals surface area (Å²) in [4.78, 5) is 52.0. The molecule has 29 heteroatoms. The Hall–Kier alpha value is -8.95. The first-order valence-electron chi connectivity index (χ1n) is 33.2. The first kappa shape index (κ1) is 78.6. The highest BCUT2D eigenvalue weighted by molar-refractivity contribution is 9.12. The summed E-state index contributed by atoms with van der Waals surface area (Å²) >= 11 is 25.6. The largest absolute Gasteiger partial charge is 0.497 e. The summed E-state index contributed by atoms with van der Waals surface area (Å²) in [5, 5.41) is 16.1. The quantitative estimate of drug-likeness (QED) is 0.0541. The minimum atomic E-state index is -0.270. The summed E-state index contributed by atoms with van der Waals surface area (Å²) in [6, 6.07) is 66.3. The van der Waals surface area contributed by atoms with Crippen molar-refractivity contribution in [2.24, 2.45) is 0 Å². The Labute approximate surface area is 686 Å². The Morgan fingerprint density at radius 1 is 0.380 bits per heavy atom. The van der Waals surface area contributed by atoms with Gasteiger partial charge in [-0.15, -0.1) is 56.7 Å². The van der Waals surface area contributed by atoms with Crippen molar-refractivity contribution < 1.29 is 13.9 Å². The number of benzene rings is 5. The zero-order chi connectivity index (χ0) is 75.1. The molecule has 0 aliphatic carbocycles. The molecule has 108 heavy (non-hydrogen) atoms. The van der Waals surface area contributed by atoms with Gasteiger partial charge in [0.05, 0.1) is 92.1 Å². The second-order valence-corrected chi connectivity index (χ2v) is 35.8. The molecule has 0 spiro atoms. The Balaban J connectivity index is 0.000000127. The van der Waals surface area contributed by atoms with E-state index in [0.29, 0.717) is 29.7 Å². The molecule has 0 bridgehead atoms. The van der Waals surface area contributed by atoms with Crippen molar-refractivity contribution in [1.82, 2.24) is 54.7 Å². The van der Waals surface area contributed by atoms with Crippen molar-refractivity contribution in [1.29, 1.82) is 0 Å². The lowest BCUT2D eigenvalue weighted by molar-refractivity contribution is 0.0342. The predicted molar refractivity (Wildman–Crippen MR) is 461 cm³/mol. The number of halogens is 6. The minimum Gasteiger partial charge on any atom is -0.497 e. The maximum atomic E-state index is 12.9. The van der Waals surface area contributed by atoms with Crippen molar-refractivity contribution in [2.45, 2.75) is 27.3 Å². The summed E-state index contributed by atoms with van der Waals surface area (Å²) in [5.74, 6) is 3.39. The monoisotopic (exact) mass is 1840 g/mol. The fourth-order valence-electron chi connectivity index (χ4n) is 10.2. The van der Waals surface area contributed by atoms with Gasteiger partial charge in [0.2, 0.25) is 29.7 Å². The lowest BCUT2D eigenvalue weighted by Crippen LogP contribution is -2.35. The molecular weight excluding hydrogens is 1780 g/mol. The van der Waals surface area contributed by atoms with Crippen LogP contribution in [0.15, 0.2) is 256 Å². The van der Waals surface area contributed by atoms with E-state index >= 15 is 0 Å². The van der Waals surface area contributed by atoms with Gasteiger partial charge in [0, 0.05) is 85.1 Å². The van der Waals surface area contributed by atoms with Crippen molar-refractivity contribution >= 4 is 195 Å². The van der Waals surface area contributed by atoms with Crippen LogP contribution in [0.4, 0.5) is 62.6 Å². The number of aromatic nitrogens is 10. The Morgan fingerprint density at radius 2 is 0.731 bits per heavy atom. The number of anilines is 10. The van der Waals surface area contributed by atoms with Gasteiger partial charge < -0.3 is 36.1 Å². The topological polar surface area (TPSA) is 211 Å². The smallest absolute Gasteiger partial charge is 0.227 e. The Morgan fingerprint density at radius 3 is 1.10 bits per heavy atom. The van der Waals surface area contributed by atoms with E-state index in [1.54, 1.807) is 107 Å². The summed E-state index contributed by atoms with van der Waals surface area (Å²) in [6.45, 7) is 10.8. The Bertz CT molecular complexity index is 5430. The molecule has 546 valence electrons. The van der Waals surface area contributed by atoms with Crippen LogP contribution in [-0.2, 0) is 11.3 Å². The van der Waals surface area contributed by atoms with E-state index in [0.717, 1.165) is 139 Å². The fourth-order valence-corrected chi connectivity index (χ4v) is 17.0. The molecule has 15 aromatic rings. The highest BCUT2D eigenvalue weighted by Crippen LogP contribution is 2.36. The molecule has 5 N–H and O–H groups in total. The van der Waals surface area contributed by atoms with E-state index in [1.807, 2.05) is 127 Å². The standard InChI is InChI=1S/C19H19BrN4OS.C16H14BrN3S.C15H12BrN3OS.C15H12BrN3S.C14H9BrFN3S/c20-18-5-4-17(26-18)16-6-7-21-19(23-16)22-15-3-1-2-14(12-15)13-24-8-10-25-11-9-24;1-10-3-4-12(9-11(10)2)19-16-18-8-7-13(20-16)14-5-6-15(17)21-14;1-20-11-4-2-3-10(9-11)18-15-17-8-7-12(19-15)13-5-6-14(16)21-13;1-10-3-2-4-11(9-10)18-15-17-8-7-12(19-15)13-5-6-14(16)20-13;15-13-6-5-12(20-13)11-7-8-17-14(19-11)18-10-3-1-9(16)2-4-10/h1-7,12H,8-11,13H2,(H,21,22,23);3-9H,1-2H3,(H,18,19,20);2-9H,1H3,(H,17,18,19);2-9H,1H3,(H,17,18,19);1-8H,(H,17,18,19). The second kappa shape index (κ2) is 39.4. The normalized spacial score (nSPS) is 11.6. The Kier molecular flexibility index (Phi) is 28.7. The van der Waals surface area contributed by atoms with Gasteiger partial charge in [0.1, 0.15) is 11.6 Å². The number of nitrogens with one attached hydrogen (secondary N) is 5. The van der Waals surface area contributed by atoms with Gasteiger partial charge in [-0.1, -0.05) is 36.4 Å². The lowest BCUT2D eigenvalue weighted by Gasteiger charge is -2.26. The third-order valence-corrected chi connectivity index (χ3v) is 23.8. The number of thiophene rings is 5. The summed E-state index contributed by atoms with van der Waals surface area (Å²) in [7, 11) is 1.64. The molecule has 18 nitrogen and oxygen atoms in total. The summed E-state index contributed by atoms with van der Waals surface area (Å²) in [5.41, 5.74) is 14.1. The number of methoxy groups -OCH3 is 1. The predicted octanol–water partition coefficient (Wildman–Crippen LogP) is 24.5. The molecule has 0 radical (unpaired) electrons. The number of hydrogen-bond donors (Lipinski definition) is 5. The average molecular weight is 1850 g/mol. The number of hydrogen-bond acceptors (Lipinski definition) is 23. The van der Waals surface area contributed by atoms with Crippen molar-refractivity contribution in [3.05, 3.63) is 284 Å². The highest BCUT2D eigenvalue weighted by Gasteiger charge is 2.14. The maximum Gasteiger partial charge on any atom is 0.227 e. The van der Waals surface area contributed by atoms with Crippen LogP contribution in [0.5, 0.6) is 5.75 Å². The minimum absolute atomic E-state index is 0.270. The molecule has 1 fully saturated rings. The van der Waals surface area contributed by atoms with Crippen LogP contribution < -0.4 is 31.3 Å². The number of morpholine rings is 1. The van der Waals surface area contributed by atoms with Gasteiger partial charge in [-0.3, -0.25) is 4.90 Å². The van der Waals surface area contributed by atoms with E-state index in [-0.39, 0.29) is 5.82 Å². The SMILES string of the molecule is Brc1ccc(-c2ccnc(Nc3cccc(CN4CCOCC4)c3)n2)s1.COc1cccc(Nc2nccc(-c3ccc(Br)s3)n2)c1.Cc1ccc(Nc2nccc(-c3ccc(Br)s3)n2)cc1C.Cc1cccc(Nc2nccc(-c3ccc(Br)s3)n2)c1.Fc1ccc(Nc2nccc(-c3ccc(Br)s3)n2)cc1.